The van der Waals surface area contributed by atoms with Crippen LogP contribution in [0.25, 0.3) is 33.0 Å². The van der Waals surface area contributed by atoms with Crippen molar-refractivity contribution in [2.75, 3.05) is 38.2 Å². The van der Waals surface area contributed by atoms with E-state index in [1.54, 1.807) is 6.92 Å². The summed E-state index contributed by atoms with van der Waals surface area (Å²) in [5, 5.41) is 17.9. The zero-order valence-corrected chi connectivity index (χ0v) is 23.9. The molecule has 3 fully saturated rings. The van der Waals surface area contributed by atoms with Gasteiger partial charge in [-0.25, -0.2) is 18.8 Å². The molecule has 9 nitrogen and oxygen atoms in total. The number of rotatable bonds is 3. The van der Waals surface area contributed by atoms with Crippen LogP contribution in [0.5, 0.6) is 11.8 Å². The Hall–Kier alpha value is -4.74. The monoisotopic (exact) mass is 587 g/mol. The number of alkyl halides is 1. The fraction of sp³-hybridized carbons (Fsp3) is 0.375. The van der Waals surface area contributed by atoms with Crippen molar-refractivity contribution in [3.63, 3.8) is 0 Å². The number of methoxy groups -OCH3 is 1. The number of hydrogen-bond donors (Lipinski definition) is 1. The number of phenols is 1. The third-order valence-electron chi connectivity index (χ3n) is 8.20. The van der Waals surface area contributed by atoms with Crippen molar-refractivity contribution < 1.29 is 23.0 Å². The molecule has 0 saturated carbocycles. The van der Waals surface area contributed by atoms with Gasteiger partial charge in [0.1, 0.15) is 28.9 Å². The van der Waals surface area contributed by atoms with E-state index in [-0.39, 0.29) is 28.5 Å². The van der Waals surface area contributed by atoms with Crippen molar-refractivity contribution in [2.24, 2.45) is 0 Å². The van der Waals surface area contributed by atoms with Crippen LogP contribution in [0.4, 0.5) is 14.6 Å². The molecule has 3 aliphatic heterocycles. The molecule has 11 heteroatoms. The highest BCUT2D eigenvalue weighted by molar-refractivity contribution is 6.03. The fourth-order valence-electron chi connectivity index (χ4n) is 6.09. The van der Waals surface area contributed by atoms with Gasteiger partial charge in [0.2, 0.25) is 0 Å². The summed E-state index contributed by atoms with van der Waals surface area (Å²) in [5.74, 6) is 2.30. The van der Waals surface area contributed by atoms with Crippen LogP contribution in [0.1, 0.15) is 36.8 Å². The lowest BCUT2D eigenvalue weighted by Crippen LogP contribution is -2.38. The minimum absolute atomic E-state index is 0.0150. The molecule has 0 bridgehead atoms. The Balaban J connectivity index is 0.000000281. The van der Waals surface area contributed by atoms with Gasteiger partial charge in [0.05, 0.1) is 18.2 Å². The summed E-state index contributed by atoms with van der Waals surface area (Å²) in [6.45, 7) is 8.61. The van der Waals surface area contributed by atoms with E-state index in [0.29, 0.717) is 45.8 Å². The number of nitriles is 1. The third kappa shape index (κ3) is 5.44. The Morgan fingerprint density at radius 2 is 1.93 bits per heavy atom. The van der Waals surface area contributed by atoms with E-state index >= 15 is 0 Å². The first-order valence-electron chi connectivity index (χ1n) is 14.0. The summed E-state index contributed by atoms with van der Waals surface area (Å²) in [6, 6.07) is 6.35. The van der Waals surface area contributed by atoms with Crippen molar-refractivity contribution >= 4 is 27.5 Å². The predicted molar refractivity (Wildman–Crippen MR) is 159 cm³/mol. The Morgan fingerprint density at radius 3 is 2.58 bits per heavy atom. The summed E-state index contributed by atoms with van der Waals surface area (Å²) >= 11 is 0. The van der Waals surface area contributed by atoms with E-state index in [1.165, 1.54) is 44.2 Å². The summed E-state index contributed by atoms with van der Waals surface area (Å²) in [6.07, 6.45) is 9.39. The first-order chi connectivity index (χ1) is 20.8. The van der Waals surface area contributed by atoms with E-state index in [4.69, 9.17) is 20.8 Å². The van der Waals surface area contributed by atoms with Gasteiger partial charge >= 0.3 is 11.6 Å². The zero-order valence-electron chi connectivity index (χ0n) is 23.9. The van der Waals surface area contributed by atoms with Gasteiger partial charge in [-0.1, -0.05) is 12.0 Å². The van der Waals surface area contributed by atoms with Gasteiger partial charge in [-0.05, 0) is 62.7 Å². The number of aryl methyl sites for hydroxylation is 1. The minimum Gasteiger partial charge on any atom is -0.508 e. The van der Waals surface area contributed by atoms with Crippen LogP contribution in [-0.4, -0.2) is 65.5 Å². The lowest BCUT2D eigenvalue weighted by molar-refractivity contribution is 0.292. The summed E-state index contributed by atoms with van der Waals surface area (Å²) in [4.78, 5) is 26.2. The van der Waals surface area contributed by atoms with Crippen molar-refractivity contribution in [1.82, 2.24) is 14.9 Å². The molecular formula is C32H31F2N5O4. The molecular weight excluding hydrogens is 556 g/mol. The highest BCUT2D eigenvalue weighted by Crippen LogP contribution is 2.39. The van der Waals surface area contributed by atoms with E-state index < -0.39 is 17.6 Å². The van der Waals surface area contributed by atoms with Crippen LogP contribution in [0, 0.1) is 36.9 Å². The van der Waals surface area contributed by atoms with Crippen molar-refractivity contribution in [3.8, 4) is 42.0 Å². The Bertz CT molecular complexity index is 1800. The number of benzene rings is 2. The van der Waals surface area contributed by atoms with Crippen molar-refractivity contribution in [1.29, 1.82) is 5.26 Å². The van der Waals surface area contributed by atoms with Gasteiger partial charge in [-0.3, -0.25) is 4.90 Å². The quantitative estimate of drug-likeness (QED) is 0.327. The van der Waals surface area contributed by atoms with Crippen LogP contribution < -0.4 is 15.3 Å². The second kappa shape index (κ2) is 12.2. The number of aromatic hydroxyl groups is 1. The second-order valence-electron chi connectivity index (χ2n) is 10.7. The Morgan fingerprint density at radius 1 is 1.16 bits per heavy atom. The van der Waals surface area contributed by atoms with Crippen LogP contribution in [0.15, 0.2) is 33.5 Å². The Labute approximate surface area is 247 Å². The molecule has 3 aliphatic rings. The molecule has 4 aromatic rings. The predicted octanol–water partition coefficient (Wildman–Crippen LogP) is 5.09. The summed E-state index contributed by atoms with van der Waals surface area (Å²) in [5.41, 5.74) is 0.551. The zero-order chi connectivity index (χ0) is 30.8. The molecule has 2 aromatic heterocycles. The summed E-state index contributed by atoms with van der Waals surface area (Å²) < 4.78 is 38.1. The van der Waals surface area contributed by atoms with Crippen LogP contribution in [0.2, 0.25) is 0 Å². The highest BCUT2D eigenvalue weighted by atomic mass is 19.1. The van der Waals surface area contributed by atoms with Crippen molar-refractivity contribution in [3.05, 3.63) is 51.6 Å². The van der Waals surface area contributed by atoms with E-state index in [0.717, 1.165) is 32.5 Å². The molecule has 0 aliphatic carbocycles. The van der Waals surface area contributed by atoms with Crippen LogP contribution >= 0.6 is 0 Å². The normalized spacial score (nSPS) is 19.0. The SMILES string of the molecule is C#Cc1c(F)ccc2cc(O)cc(-c3oc(=O)c4c(N5CCC5)nc(OC)nc4c3C)c12.C#N.FC1CC2CCCN2C1. The molecule has 0 spiro atoms. The largest absolute Gasteiger partial charge is 0.508 e. The maximum absolute atomic E-state index is 14.5. The molecule has 222 valence electrons. The number of halogens is 2. The number of nitrogens with zero attached hydrogens (tertiary/aromatic N) is 5. The summed E-state index contributed by atoms with van der Waals surface area (Å²) in [7, 11) is 1.45. The average Bonchev–Trinajstić information content (AvgIpc) is 3.56. The average molecular weight is 588 g/mol. The van der Waals surface area contributed by atoms with Gasteiger partial charge in [-0.15, -0.1) is 6.42 Å². The number of hydrogen-bond acceptors (Lipinski definition) is 9. The van der Waals surface area contributed by atoms with Gasteiger partial charge < -0.3 is 19.2 Å². The second-order valence-corrected chi connectivity index (χ2v) is 10.7. The smallest absolute Gasteiger partial charge is 0.349 e. The molecule has 2 atom stereocenters. The van der Waals surface area contributed by atoms with E-state index in [2.05, 4.69) is 27.4 Å². The van der Waals surface area contributed by atoms with Gasteiger partial charge in [0.15, 0.2) is 5.82 Å². The van der Waals surface area contributed by atoms with Crippen molar-refractivity contribution in [2.45, 2.75) is 44.8 Å². The lowest BCUT2D eigenvalue weighted by atomic mass is 9.95. The highest BCUT2D eigenvalue weighted by Gasteiger charge is 2.34. The van der Waals surface area contributed by atoms with E-state index in [1.807, 2.05) is 4.90 Å². The molecule has 7 rings (SSSR count). The van der Waals surface area contributed by atoms with Gasteiger partial charge in [0, 0.05) is 48.8 Å². The maximum atomic E-state index is 14.5. The maximum Gasteiger partial charge on any atom is 0.349 e. The molecule has 43 heavy (non-hydrogen) atoms. The number of ether oxygens (including phenoxy) is 1. The molecule has 0 radical (unpaired) electrons. The number of terminal acetylenes is 1. The standard InChI is InChI=1S/C24H18FN3O4.C7H12FN.CHN/c1-4-15-17(25)7-6-13-10-14(29)11-16(18(13)15)21-12(2)20-19(23(30)32-21)22(28-8-5-9-28)27-24(26-20)31-3;8-6-4-7-2-1-3-9(7)5-6;1-2/h1,6-7,10-11,29H,5,8-9H2,2-3H3;6-7H,1-5H2;1H. The van der Waals surface area contributed by atoms with Crippen LogP contribution in [0.3, 0.4) is 0 Å². The van der Waals surface area contributed by atoms with Crippen LogP contribution in [-0.2, 0) is 0 Å². The molecule has 2 aromatic carbocycles. The van der Waals surface area contributed by atoms with E-state index in [9.17, 15) is 18.7 Å². The minimum atomic E-state index is -0.639. The van der Waals surface area contributed by atoms with Gasteiger partial charge in [-0.2, -0.15) is 9.97 Å². The van der Waals surface area contributed by atoms with Gasteiger partial charge in [0.25, 0.3) is 0 Å². The molecule has 2 unspecified atom stereocenters. The first kappa shape index (κ1) is 29.7. The third-order valence-corrected chi connectivity index (χ3v) is 8.20. The number of phenolic OH excluding ortho intramolecular Hbond substituents is 1. The lowest BCUT2D eigenvalue weighted by Gasteiger charge is -2.32. The topological polar surface area (TPSA) is 116 Å². The molecule has 0 amide bonds. The molecule has 3 saturated heterocycles. The fourth-order valence-corrected chi connectivity index (χ4v) is 6.09. The number of anilines is 1. The molecule has 1 N–H and O–H groups in total. The molecule has 5 heterocycles. The first-order valence-corrected chi connectivity index (χ1v) is 14.0. The Kier molecular flexibility index (Phi) is 8.47. The number of fused-ring (bicyclic) bond motifs is 3. The number of aromatic nitrogens is 2.